The molecule has 29 heavy (non-hydrogen) atoms. The molecule has 2 heterocycles. The van der Waals surface area contributed by atoms with Crippen molar-refractivity contribution in [3.8, 4) is 0 Å². The second-order valence-electron chi connectivity index (χ2n) is 8.67. The maximum Gasteiger partial charge on any atom is 0.338 e. The van der Waals surface area contributed by atoms with Crippen molar-refractivity contribution in [3.63, 3.8) is 0 Å². The zero-order chi connectivity index (χ0) is 21.2. The Kier molecular flexibility index (Phi) is 6.43. The monoisotopic (exact) mass is 407 g/mol. The minimum Gasteiger partial charge on any atom is -0.456 e. The van der Waals surface area contributed by atoms with E-state index in [0.29, 0.717) is 25.8 Å². The summed E-state index contributed by atoms with van der Waals surface area (Å²) in [7, 11) is 0. The molecule has 0 aliphatic carbocycles. The second-order valence-corrected chi connectivity index (χ2v) is 8.67. The van der Waals surface area contributed by atoms with Crippen molar-refractivity contribution >= 4 is 17.7 Å². The van der Waals surface area contributed by atoms with Crippen LogP contribution in [0.3, 0.4) is 0 Å². The lowest BCUT2D eigenvalue weighted by Gasteiger charge is -2.32. The molecule has 2 aliphatic heterocycles. The van der Waals surface area contributed by atoms with Gasteiger partial charge in [-0.05, 0) is 52.3 Å². The molecule has 0 aromatic heterocycles. The summed E-state index contributed by atoms with van der Waals surface area (Å²) in [4.78, 5) is 28.9. The molecule has 0 spiro atoms. The average Bonchev–Trinajstić information content (AvgIpc) is 3.04. The predicted octanol–water partition coefficient (Wildman–Crippen LogP) is 3.11. The van der Waals surface area contributed by atoms with Gasteiger partial charge in [0.15, 0.2) is 0 Å². The van der Waals surface area contributed by atoms with E-state index in [1.54, 1.807) is 25.7 Å². The standard InChI is InChI=1S/C21H30FN3O4/c1-14-11-16(24-7-9-28-10-8-24)13-25(14)20(27)23-18-6-5-15(12-17(18)22)19(26)29-21(2,3)4/h5-6,12,14,16H,7-11,13H2,1-4H3,(H,23,27). The number of halogens is 1. The number of carbonyl (C=O) groups is 2. The van der Waals surface area contributed by atoms with Gasteiger partial charge in [0.1, 0.15) is 11.4 Å². The fourth-order valence-electron chi connectivity index (χ4n) is 3.76. The number of nitrogens with one attached hydrogen (secondary N) is 1. The minimum atomic E-state index is -0.668. The van der Waals surface area contributed by atoms with Crippen LogP contribution in [0.15, 0.2) is 18.2 Å². The number of hydrogen-bond donors (Lipinski definition) is 1. The van der Waals surface area contributed by atoms with Crippen LogP contribution in [-0.2, 0) is 9.47 Å². The van der Waals surface area contributed by atoms with E-state index in [0.717, 1.165) is 25.6 Å². The van der Waals surface area contributed by atoms with Crippen LogP contribution in [0.4, 0.5) is 14.9 Å². The number of anilines is 1. The van der Waals surface area contributed by atoms with Gasteiger partial charge in [-0.2, -0.15) is 0 Å². The highest BCUT2D eigenvalue weighted by Crippen LogP contribution is 2.25. The number of rotatable bonds is 3. The van der Waals surface area contributed by atoms with Gasteiger partial charge in [0.25, 0.3) is 0 Å². The second kappa shape index (κ2) is 8.67. The summed E-state index contributed by atoms with van der Waals surface area (Å²) in [6.45, 7) is 11.0. The first kappa shape index (κ1) is 21.5. The average molecular weight is 407 g/mol. The van der Waals surface area contributed by atoms with Crippen molar-refractivity contribution in [3.05, 3.63) is 29.6 Å². The quantitative estimate of drug-likeness (QED) is 0.780. The van der Waals surface area contributed by atoms with Crippen LogP contribution in [0.2, 0.25) is 0 Å². The molecular weight excluding hydrogens is 377 g/mol. The van der Waals surface area contributed by atoms with Gasteiger partial charge in [-0.15, -0.1) is 0 Å². The SMILES string of the molecule is CC1CC(N2CCOCC2)CN1C(=O)Nc1ccc(C(=O)OC(C)(C)C)cc1F. The van der Waals surface area contributed by atoms with Crippen molar-refractivity contribution in [2.75, 3.05) is 38.2 Å². The van der Waals surface area contributed by atoms with Crippen LogP contribution < -0.4 is 5.32 Å². The van der Waals surface area contributed by atoms with Crippen molar-refractivity contribution < 1.29 is 23.5 Å². The van der Waals surface area contributed by atoms with Crippen molar-refractivity contribution in [1.29, 1.82) is 0 Å². The number of morpholine rings is 1. The maximum absolute atomic E-state index is 14.5. The zero-order valence-corrected chi connectivity index (χ0v) is 17.5. The van der Waals surface area contributed by atoms with Crippen LogP contribution in [-0.4, -0.2) is 72.3 Å². The van der Waals surface area contributed by atoms with E-state index in [9.17, 15) is 14.0 Å². The first-order chi connectivity index (χ1) is 13.6. The summed E-state index contributed by atoms with van der Waals surface area (Å²) in [6.07, 6.45) is 0.882. The molecule has 2 fully saturated rings. The smallest absolute Gasteiger partial charge is 0.338 e. The number of likely N-dealkylation sites (tertiary alicyclic amines) is 1. The van der Waals surface area contributed by atoms with Crippen LogP contribution >= 0.6 is 0 Å². The van der Waals surface area contributed by atoms with Gasteiger partial charge in [0, 0.05) is 31.7 Å². The van der Waals surface area contributed by atoms with Gasteiger partial charge in [-0.1, -0.05) is 0 Å². The lowest BCUT2D eigenvalue weighted by Crippen LogP contribution is -2.45. The van der Waals surface area contributed by atoms with Gasteiger partial charge >= 0.3 is 12.0 Å². The Morgan fingerprint density at radius 3 is 2.55 bits per heavy atom. The molecule has 2 atom stereocenters. The lowest BCUT2D eigenvalue weighted by atomic mass is 10.1. The molecule has 0 radical (unpaired) electrons. The molecule has 2 unspecified atom stereocenters. The van der Waals surface area contributed by atoms with Crippen LogP contribution in [0, 0.1) is 5.82 Å². The molecule has 2 saturated heterocycles. The molecule has 0 saturated carbocycles. The first-order valence-electron chi connectivity index (χ1n) is 10.1. The highest BCUT2D eigenvalue weighted by atomic mass is 19.1. The van der Waals surface area contributed by atoms with Crippen molar-refractivity contribution in [2.24, 2.45) is 0 Å². The Morgan fingerprint density at radius 1 is 1.24 bits per heavy atom. The maximum atomic E-state index is 14.5. The van der Waals surface area contributed by atoms with Crippen LogP contribution in [0.1, 0.15) is 44.5 Å². The van der Waals surface area contributed by atoms with Gasteiger partial charge in [0.05, 0.1) is 24.5 Å². The number of esters is 1. The van der Waals surface area contributed by atoms with E-state index in [1.165, 1.54) is 12.1 Å². The molecule has 2 amide bonds. The molecule has 1 aromatic rings. The molecule has 160 valence electrons. The lowest BCUT2D eigenvalue weighted by molar-refractivity contribution is 0.00690. The molecule has 8 heteroatoms. The highest BCUT2D eigenvalue weighted by molar-refractivity contribution is 5.93. The van der Waals surface area contributed by atoms with E-state index < -0.39 is 17.4 Å². The Hall–Kier alpha value is -2.19. The number of nitrogens with zero attached hydrogens (tertiary/aromatic N) is 2. The zero-order valence-electron chi connectivity index (χ0n) is 17.5. The molecule has 0 bridgehead atoms. The van der Waals surface area contributed by atoms with Gasteiger partial charge in [-0.25, -0.2) is 14.0 Å². The third-order valence-electron chi connectivity index (χ3n) is 5.22. The molecular formula is C21H30FN3O4. The summed E-state index contributed by atoms with van der Waals surface area (Å²) in [5, 5.41) is 2.64. The van der Waals surface area contributed by atoms with Gasteiger partial charge in [0.2, 0.25) is 0 Å². The molecule has 3 rings (SSSR count). The van der Waals surface area contributed by atoms with E-state index in [4.69, 9.17) is 9.47 Å². The Bertz CT molecular complexity index is 759. The van der Waals surface area contributed by atoms with Gasteiger partial charge < -0.3 is 19.7 Å². The topological polar surface area (TPSA) is 71.1 Å². The highest BCUT2D eigenvalue weighted by Gasteiger charge is 2.36. The number of hydrogen-bond acceptors (Lipinski definition) is 5. The van der Waals surface area contributed by atoms with Gasteiger partial charge in [-0.3, -0.25) is 4.90 Å². The number of amides is 2. The summed E-state index contributed by atoms with van der Waals surface area (Å²) in [5.41, 5.74) is -0.509. The Morgan fingerprint density at radius 2 is 1.93 bits per heavy atom. The summed E-state index contributed by atoms with van der Waals surface area (Å²) < 4.78 is 25.1. The Balaban J connectivity index is 1.62. The summed E-state index contributed by atoms with van der Waals surface area (Å²) in [5.74, 6) is -1.27. The van der Waals surface area contributed by atoms with Crippen LogP contribution in [0.5, 0.6) is 0 Å². The third-order valence-corrected chi connectivity index (χ3v) is 5.22. The number of urea groups is 1. The van der Waals surface area contributed by atoms with Crippen LogP contribution in [0.25, 0.3) is 0 Å². The number of carbonyl (C=O) groups excluding carboxylic acids is 2. The predicted molar refractivity (Wildman–Crippen MR) is 108 cm³/mol. The molecule has 1 aromatic carbocycles. The fraction of sp³-hybridized carbons (Fsp3) is 0.619. The molecule has 7 nitrogen and oxygen atoms in total. The fourth-order valence-corrected chi connectivity index (χ4v) is 3.76. The van der Waals surface area contributed by atoms with E-state index in [2.05, 4.69) is 10.2 Å². The van der Waals surface area contributed by atoms with E-state index >= 15 is 0 Å². The third kappa shape index (κ3) is 5.45. The number of ether oxygens (including phenoxy) is 2. The van der Waals surface area contributed by atoms with E-state index in [-0.39, 0.29) is 23.3 Å². The molecule has 2 aliphatic rings. The van der Waals surface area contributed by atoms with Crippen molar-refractivity contribution in [1.82, 2.24) is 9.80 Å². The Labute approximate surface area is 171 Å². The summed E-state index contributed by atoms with van der Waals surface area (Å²) in [6, 6.07) is 3.96. The van der Waals surface area contributed by atoms with Crippen molar-refractivity contribution in [2.45, 2.75) is 51.8 Å². The minimum absolute atomic E-state index is 0.0457. The molecule has 1 N–H and O–H groups in total. The number of benzene rings is 1. The first-order valence-corrected chi connectivity index (χ1v) is 10.1. The summed E-state index contributed by atoms with van der Waals surface area (Å²) >= 11 is 0. The van der Waals surface area contributed by atoms with E-state index in [1.807, 2.05) is 6.92 Å². The normalized spacial score (nSPS) is 23.1. The largest absolute Gasteiger partial charge is 0.456 e.